The van der Waals surface area contributed by atoms with Gasteiger partial charge in [0.25, 0.3) is 0 Å². The van der Waals surface area contributed by atoms with Crippen molar-refractivity contribution in [1.29, 1.82) is 0 Å². The molecule has 1 aromatic carbocycles. The van der Waals surface area contributed by atoms with Crippen LogP contribution in [0.4, 0.5) is 0 Å². The first-order valence-corrected chi connectivity index (χ1v) is 7.80. The summed E-state index contributed by atoms with van der Waals surface area (Å²) < 4.78 is 30.5. The van der Waals surface area contributed by atoms with Crippen molar-refractivity contribution in [3.63, 3.8) is 0 Å². The maximum atomic E-state index is 11.6. The van der Waals surface area contributed by atoms with E-state index in [1.807, 2.05) is 0 Å². The zero-order valence-corrected chi connectivity index (χ0v) is 15.4. The van der Waals surface area contributed by atoms with Crippen LogP contribution in [0.25, 0.3) is 0 Å². The van der Waals surface area contributed by atoms with E-state index >= 15 is 0 Å². The number of carbonyl (C=O) groups excluding carboxylic acids is 1. The summed E-state index contributed by atoms with van der Waals surface area (Å²) in [5.41, 5.74) is 0.391. The molecule has 0 saturated carbocycles. The molecular weight excluding hydrogens is 344 g/mol. The second-order valence-corrected chi connectivity index (χ2v) is 4.87. The number of esters is 1. The van der Waals surface area contributed by atoms with E-state index in [0.29, 0.717) is 36.0 Å². The molecule has 0 aliphatic rings. The summed E-state index contributed by atoms with van der Waals surface area (Å²) in [5.74, 6) is 5.04. The molecule has 0 fully saturated rings. The molecule has 8 heteroatoms. The maximum Gasteiger partial charge on any atom is 0.384 e. The fraction of sp³-hybridized carbons (Fsp3) is 0.500. The van der Waals surface area contributed by atoms with Gasteiger partial charge in [-0.1, -0.05) is 5.92 Å². The van der Waals surface area contributed by atoms with Gasteiger partial charge < -0.3 is 33.5 Å². The minimum absolute atomic E-state index is 0.0670. The molecule has 1 N–H and O–H groups in total. The van der Waals surface area contributed by atoms with Gasteiger partial charge in [0.05, 0.1) is 41.2 Å². The number of hydrogen-bond acceptors (Lipinski definition) is 8. The minimum Gasteiger partial charge on any atom is -0.493 e. The quantitative estimate of drug-likeness (QED) is 0.282. The Bertz CT molecular complexity index is 607. The van der Waals surface area contributed by atoms with Crippen molar-refractivity contribution in [3.8, 4) is 29.1 Å². The Kier molecular flexibility index (Phi) is 9.94. The smallest absolute Gasteiger partial charge is 0.384 e. The average molecular weight is 368 g/mol. The van der Waals surface area contributed by atoms with Crippen LogP contribution in [0.1, 0.15) is 11.7 Å². The van der Waals surface area contributed by atoms with Crippen LogP contribution in [-0.2, 0) is 19.0 Å². The van der Waals surface area contributed by atoms with Gasteiger partial charge >= 0.3 is 5.97 Å². The highest BCUT2D eigenvalue weighted by atomic mass is 16.6. The number of methoxy groups -OCH3 is 4. The number of ether oxygens (including phenoxy) is 6. The molecular formula is C18H24O8. The Labute approximate surface area is 152 Å². The van der Waals surface area contributed by atoms with Gasteiger partial charge in [0.15, 0.2) is 11.5 Å². The minimum atomic E-state index is -1.23. The largest absolute Gasteiger partial charge is 0.493 e. The molecule has 0 bridgehead atoms. The van der Waals surface area contributed by atoms with Crippen LogP contribution in [0.2, 0.25) is 0 Å². The fourth-order valence-electron chi connectivity index (χ4n) is 1.94. The topological polar surface area (TPSA) is 92.7 Å². The number of aliphatic hydroxyl groups is 1. The van der Waals surface area contributed by atoms with Crippen molar-refractivity contribution in [2.24, 2.45) is 0 Å². The molecule has 8 nitrogen and oxygen atoms in total. The maximum absolute atomic E-state index is 11.6. The first kappa shape index (κ1) is 21.6. The second kappa shape index (κ2) is 12.0. The van der Waals surface area contributed by atoms with Gasteiger partial charge in [0, 0.05) is 18.6 Å². The molecule has 0 spiro atoms. The lowest BCUT2D eigenvalue weighted by molar-refractivity contribution is -0.138. The fourth-order valence-corrected chi connectivity index (χ4v) is 1.94. The van der Waals surface area contributed by atoms with Crippen LogP contribution in [0.3, 0.4) is 0 Å². The number of carbonyl (C=O) groups is 1. The average Bonchev–Trinajstić information content (AvgIpc) is 2.67. The van der Waals surface area contributed by atoms with Crippen molar-refractivity contribution in [2.75, 3.05) is 54.9 Å². The van der Waals surface area contributed by atoms with Crippen molar-refractivity contribution >= 4 is 5.97 Å². The van der Waals surface area contributed by atoms with Gasteiger partial charge in [-0.25, -0.2) is 4.79 Å². The molecule has 0 heterocycles. The van der Waals surface area contributed by atoms with Crippen molar-refractivity contribution in [1.82, 2.24) is 0 Å². The predicted molar refractivity (Wildman–Crippen MR) is 92.5 cm³/mol. The molecule has 0 aliphatic heterocycles. The normalized spacial score (nSPS) is 11.1. The third-order valence-electron chi connectivity index (χ3n) is 3.21. The van der Waals surface area contributed by atoms with E-state index in [9.17, 15) is 9.90 Å². The van der Waals surface area contributed by atoms with Crippen molar-refractivity contribution in [2.45, 2.75) is 6.10 Å². The zero-order chi connectivity index (χ0) is 19.4. The zero-order valence-electron chi connectivity index (χ0n) is 15.4. The van der Waals surface area contributed by atoms with Gasteiger partial charge in [-0.3, -0.25) is 0 Å². The molecule has 1 rings (SSSR count). The third-order valence-corrected chi connectivity index (χ3v) is 3.21. The van der Waals surface area contributed by atoms with Crippen LogP contribution in [0.15, 0.2) is 12.1 Å². The number of rotatable bonds is 10. The Hall–Kier alpha value is -2.47. The van der Waals surface area contributed by atoms with Crippen LogP contribution in [0, 0.1) is 11.8 Å². The summed E-state index contributed by atoms with van der Waals surface area (Å²) in [6, 6.07) is 3.10. The summed E-state index contributed by atoms with van der Waals surface area (Å²) in [6.45, 7) is 1.19. The predicted octanol–water partition coefficient (Wildman–Crippen LogP) is 0.955. The van der Waals surface area contributed by atoms with Crippen LogP contribution >= 0.6 is 0 Å². The SMILES string of the molecule is COCCOCCOC(=O)C#CC(O)c1cc(OC)c(OC)c(OC)c1. The van der Waals surface area contributed by atoms with Crippen LogP contribution < -0.4 is 14.2 Å². The van der Waals surface area contributed by atoms with Gasteiger partial charge in [0.1, 0.15) is 12.7 Å². The summed E-state index contributed by atoms with van der Waals surface area (Å²) in [4.78, 5) is 11.6. The van der Waals surface area contributed by atoms with Crippen molar-refractivity contribution in [3.05, 3.63) is 17.7 Å². The Balaban J connectivity index is 2.66. The summed E-state index contributed by atoms with van der Waals surface area (Å²) in [6.07, 6.45) is -1.23. The van der Waals surface area contributed by atoms with Gasteiger partial charge in [-0.05, 0) is 12.1 Å². The first-order chi connectivity index (χ1) is 12.6. The summed E-state index contributed by atoms with van der Waals surface area (Å²) in [7, 11) is 5.97. The lowest BCUT2D eigenvalue weighted by atomic mass is 10.1. The highest BCUT2D eigenvalue weighted by molar-refractivity contribution is 5.88. The monoisotopic (exact) mass is 368 g/mol. The van der Waals surface area contributed by atoms with Gasteiger partial charge in [-0.2, -0.15) is 0 Å². The number of benzene rings is 1. The van der Waals surface area contributed by atoms with Gasteiger partial charge in [0.2, 0.25) is 5.75 Å². The molecule has 0 aromatic heterocycles. The Morgan fingerprint density at radius 3 is 2.15 bits per heavy atom. The lowest BCUT2D eigenvalue weighted by Gasteiger charge is -2.14. The molecule has 0 saturated heterocycles. The van der Waals surface area contributed by atoms with Crippen LogP contribution in [-0.4, -0.2) is 65.9 Å². The number of aliphatic hydroxyl groups excluding tert-OH is 1. The molecule has 0 radical (unpaired) electrons. The molecule has 1 atom stereocenters. The molecule has 1 unspecified atom stereocenters. The van der Waals surface area contributed by atoms with Crippen molar-refractivity contribution < 1.29 is 38.3 Å². The molecule has 26 heavy (non-hydrogen) atoms. The summed E-state index contributed by atoms with van der Waals surface area (Å²) in [5, 5.41) is 10.2. The lowest BCUT2D eigenvalue weighted by Crippen LogP contribution is -2.11. The molecule has 0 aliphatic carbocycles. The molecule has 1 aromatic rings. The van der Waals surface area contributed by atoms with E-state index < -0.39 is 12.1 Å². The Morgan fingerprint density at radius 2 is 1.62 bits per heavy atom. The van der Waals surface area contributed by atoms with E-state index in [4.69, 9.17) is 28.4 Å². The summed E-state index contributed by atoms with van der Waals surface area (Å²) >= 11 is 0. The van der Waals surface area contributed by atoms with E-state index in [0.717, 1.165) is 0 Å². The highest BCUT2D eigenvalue weighted by Gasteiger charge is 2.16. The van der Waals surface area contributed by atoms with Crippen LogP contribution in [0.5, 0.6) is 17.2 Å². The highest BCUT2D eigenvalue weighted by Crippen LogP contribution is 2.39. The standard InChI is InChI=1S/C18H24O8/c1-21-7-8-25-9-10-26-17(20)6-5-14(19)13-11-15(22-2)18(24-4)16(12-13)23-3/h11-12,14,19H,7-10H2,1-4H3. The molecule has 144 valence electrons. The van der Waals surface area contributed by atoms with Gasteiger partial charge in [-0.15, -0.1) is 0 Å². The third kappa shape index (κ3) is 6.80. The van der Waals surface area contributed by atoms with E-state index in [2.05, 4.69) is 11.8 Å². The van der Waals surface area contributed by atoms with E-state index in [1.165, 1.54) is 21.3 Å². The second-order valence-electron chi connectivity index (χ2n) is 4.87. The van der Waals surface area contributed by atoms with E-state index in [1.54, 1.807) is 19.2 Å². The number of hydrogen-bond donors (Lipinski definition) is 1. The van der Waals surface area contributed by atoms with E-state index in [-0.39, 0.29) is 13.2 Å². The molecule has 0 amide bonds. The Morgan fingerprint density at radius 1 is 1.00 bits per heavy atom. The first-order valence-electron chi connectivity index (χ1n) is 7.80.